The van der Waals surface area contributed by atoms with E-state index in [2.05, 4.69) is 10.6 Å². The smallest absolute Gasteiger partial charge is 0.364 e. The zero-order valence-corrected chi connectivity index (χ0v) is 29.8. The third kappa shape index (κ3) is 9.71. The second kappa shape index (κ2) is 18.3. The van der Waals surface area contributed by atoms with Gasteiger partial charge in [0.25, 0.3) is 11.7 Å². The summed E-state index contributed by atoms with van der Waals surface area (Å²) >= 11 is 0. The van der Waals surface area contributed by atoms with Crippen LogP contribution in [0.3, 0.4) is 0 Å². The van der Waals surface area contributed by atoms with Crippen molar-refractivity contribution in [1.29, 1.82) is 0 Å². The zero-order valence-electron chi connectivity index (χ0n) is 29.8. The van der Waals surface area contributed by atoms with E-state index in [1.807, 2.05) is 0 Å². The fourth-order valence-corrected chi connectivity index (χ4v) is 6.21. The lowest BCUT2D eigenvalue weighted by atomic mass is 9.88. The van der Waals surface area contributed by atoms with E-state index in [9.17, 15) is 60.3 Å². The van der Waals surface area contributed by atoms with E-state index < -0.39 is 111 Å². The van der Waals surface area contributed by atoms with Crippen molar-refractivity contribution in [3.8, 4) is 28.4 Å². The number of carboxylic acids is 1. The molecule has 3 aromatic rings. The minimum atomic E-state index is -2.84. The van der Waals surface area contributed by atoms with Crippen LogP contribution in [0.2, 0.25) is 0 Å². The average molecular weight is 789 g/mol. The molecule has 11 N–H and O–H groups in total. The van der Waals surface area contributed by atoms with Gasteiger partial charge >= 0.3 is 5.97 Å². The minimum Gasteiger partial charge on any atom is -0.508 e. The molecule has 5 rings (SSSR count). The first kappa shape index (κ1) is 42.2. The number of aliphatic hydroxyl groups is 7. The van der Waals surface area contributed by atoms with Crippen LogP contribution in [0, 0.1) is 0 Å². The highest BCUT2D eigenvalue weighted by molar-refractivity contribution is 5.94. The van der Waals surface area contributed by atoms with Crippen LogP contribution >= 0.6 is 0 Å². The van der Waals surface area contributed by atoms with Gasteiger partial charge in [-0.3, -0.25) is 9.59 Å². The van der Waals surface area contributed by atoms with Crippen LogP contribution in [0.15, 0.2) is 72.8 Å². The molecule has 0 radical (unpaired) electrons. The van der Waals surface area contributed by atoms with Crippen molar-refractivity contribution in [3.05, 3.63) is 78.4 Å². The first-order chi connectivity index (χ1) is 26.7. The lowest BCUT2D eigenvalue weighted by Gasteiger charge is -2.47. The molecule has 56 heavy (non-hydrogen) atoms. The van der Waals surface area contributed by atoms with E-state index >= 15 is 0 Å². The van der Waals surface area contributed by atoms with E-state index in [1.165, 1.54) is 43.5 Å². The Labute approximate surface area is 319 Å². The number of carbonyl (C=O) groups is 3. The number of benzene rings is 3. The van der Waals surface area contributed by atoms with E-state index in [4.69, 9.17) is 23.7 Å². The summed E-state index contributed by atoms with van der Waals surface area (Å²) in [6.45, 7) is -2.57. The lowest BCUT2D eigenvalue weighted by molar-refractivity contribution is -0.331. The number of phenols is 1. The van der Waals surface area contributed by atoms with Gasteiger partial charge in [-0.25, -0.2) is 4.79 Å². The Kier molecular flexibility index (Phi) is 13.8. The Hall–Kier alpha value is -4.93. The molecular formula is C37H44N2O17. The summed E-state index contributed by atoms with van der Waals surface area (Å²) in [5, 5.41) is 99.0. The molecule has 2 aliphatic heterocycles. The molecule has 0 spiro atoms. The molecule has 2 heterocycles. The molecular weight excluding hydrogens is 744 g/mol. The molecule has 2 amide bonds. The Bertz CT molecular complexity index is 1780. The Morgan fingerprint density at radius 3 is 2.07 bits per heavy atom. The molecule has 2 aliphatic rings. The first-order valence-electron chi connectivity index (χ1n) is 17.3. The molecule has 0 aliphatic carbocycles. The van der Waals surface area contributed by atoms with Gasteiger partial charge in [0.1, 0.15) is 60.5 Å². The molecule has 3 aromatic carbocycles. The Morgan fingerprint density at radius 2 is 1.48 bits per heavy atom. The standard InChI is InChI=1S/C37H44N2O17/c1-52-22-10-12-23(13-11-22)54-35-32(48)31(47)30(46)26(55-35)17-53-37(36(50)51)14-24(42)28(39-27(44)16-40)33(56-37)29(45)25(43)15-38-34(49)20-4-2-18(3-5-20)19-6-8-21(41)9-7-19/h2-13,24-26,28-33,35,40-43,45-48H,14-17H2,1H3,(H,38,49)(H,39,44)(H,50,51)/t24-,25+,26+,28+,29+,30-,31-,32+,33+,35+,37+/m0/s1. The predicted molar refractivity (Wildman–Crippen MR) is 189 cm³/mol. The van der Waals surface area contributed by atoms with Gasteiger partial charge in [0.15, 0.2) is 0 Å². The van der Waals surface area contributed by atoms with E-state index in [0.717, 1.165) is 11.1 Å². The number of hydrogen-bond donors (Lipinski definition) is 11. The number of aromatic hydroxyl groups is 1. The van der Waals surface area contributed by atoms with Crippen LogP contribution in [-0.4, -0.2) is 158 Å². The van der Waals surface area contributed by atoms with Gasteiger partial charge in [-0.2, -0.15) is 0 Å². The van der Waals surface area contributed by atoms with Gasteiger partial charge in [-0.05, 0) is 59.7 Å². The number of rotatable bonds is 15. The monoisotopic (exact) mass is 788 g/mol. The molecule has 0 unspecified atom stereocenters. The summed E-state index contributed by atoms with van der Waals surface area (Å²) in [5.41, 5.74) is 1.69. The third-order valence-corrected chi connectivity index (χ3v) is 9.38. The summed E-state index contributed by atoms with van der Waals surface area (Å²) < 4.78 is 27.7. The molecule has 0 saturated carbocycles. The molecule has 19 nitrogen and oxygen atoms in total. The fourth-order valence-electron chi connectivity index (χ4n) is 6.21. The van der Waals surface area contributed by atoms with Gasteiger partial charge in [0.2, 0.25) is 12.2 Å². The summed E-state index contributed by atoms with van der Waals surface area (Å²) in [5.74, 6) is -5.66. The van der Waals surface area contributed by atoms with Gasteiger partial charge in [-0.1, -0.05) is 24.3 Å². The Morgan fingerprint density at radius 1 is 0.875 bits per heavy atom. The van der Waals surface area contributed by atoms with Crippen molar-refractivity contribution in [1.82, 2.24) is 10.6 Å². The topological polar surface area (TPSA) is 303 Å². The average Bonchev–Trinajstić information content (AvgIpc) is 3.20. The zero-order chi connectivity index (χ0) is 40.7. The number of carbonyl (C=O) groups excluding carboxylic acids is 2. The first-order valence-corrected chi connectivity index (χ1v) is 17.3. The molecule has 11 atom stereocenters. The molecule has 2 fully saturated rings. The van der Waals surface area contributed by atoms with Crippen molar-refractivity contribution < 1.29 is 84.0 Å². The maximum Gasteiger partial charge on any atom is 0.364 e. The number of methoxy groups -OCH3 is 1. The van der Waals surface area contributed by atoms with E-state index in [1.54, 1.807) is 36.4 Å². The highest BCUT2D eigenvalue weighted by Gasteiger charge is 2.57. The van der Waals surface area contributed by atoms with Crippen molar-refractivity contribution in [2.24, 2.45) is 0 Å². The number of nitrogens with one attached hydrogen (secondary N) is 2. The largest absolute Gasteiger partial charge is 0.508 e. The maximum atomic E-state index is 12.9. The number of amides is 2. The van der Waals surface area contributed by atoms with Crippen LogP contribution in [-0.2, 0) is 23.8 Å². The maximum absolute atomic E-state index is 12.9. The van der Waals surface area contributed by atoms with Crippen molar-refractivity contribution >= 4 is 17.8 Å². The summed E-state index contributed by atoms with van der Waals surface area (Å²) in [6, 6.07) is 17.1. The number of carboxylic acid groups (broad SMARTS) is 1. The van der Waals surface area contributed by atoms with E-state index in [-0.39, 0.29) is 17.1 Å². The second-order valence-corrected chi connectivity index (χ2v) is 13.2. The number of aliphatic carboxylic acids is 1. The van der Waals surface area contributed by atoms with Crippen molar-refractivity contribution in [2.75, 3.05) is 26.9 Å². The van der Waals surface area contributed by atoms with Crippen molar-refractivity contribution in [3.63, 3.8) is 0 Å². The van der Waals surface area contributed by atoms with Crippen LogP contribution in [0.4, 0.5) is 0 Å². The van der Waals surface area contributed by atoms with Crippen LogP contribution in [0.1, 0.15) is 16.8 Å². The summed E-state index contributed by atoms with van der Waals surface area (Å²) in [7, 11) is 1.45. The number of hydrogen-bond acceptors (Lipinski definition) is 16. The molecule has 19 heteroatoms. The lowest BCUT2D eigenvalue weighted by Crippen LogP contribution is -2.69. The van der Waals surface area contributed by atoms with Gasteiger partial charge in [0.05, 0.1) is 32.0 Å². The number of phenolic OH excluding ortho intramolecular Hbond substituents is 1. The third-order valence-electron chi connectivity index (χ3n) is 9.38. The van der Waals surface area contributed by atoms with Crippen LogP contribution in [0.5, 0.6) is 17.2 Å². The SMILES string of the molecule is COc1ccc(O[C@@H]2O[C@H](CO[C@]3(C(=O)O)C[C@H](O)[C@@H](NC(=O)CO)[C@H]([C@H](O)[C@H](O)CNC(=O)c4ccc(-c5ccc(O)cc5)cc4)O3)[C@H](O)[C@H](O)[C@H]2O)cc1. The highest BCUT2D eigenvalue weighted by Crippen LogP contribution is 2.35. The summed E-state index contributed by atoms with van der Waals surface area (Å²) in [4.78, 5) is 37.9. The summed E-state index contributed by atoms with van der Waals surface area (Å²) in [6.07, 6.45) is -17.4. The Balaban J connectivity index is 1.28. The molecule has 2 saturated heterocycles. The number of ether oxygens (including phenoxy) is 5. The van der Waals surface area contributed by atoms with Gasteiger partial charge in [0, 0.05) is 18.5 Å². The van der Waals surface area contributed by atoms with Crippen molar-refractivity contribution in [2.45, 2.75) is 73.4 Å². The van der Waals surface area contributed by atoms with Gasteiger partial charge < -0.3 is 80.3 Å². The van der Waals surface area contributed by atoms with E-state index in [0.29, 0.717) is 5.75 Å². The quantitative estimate of drug-likeness (QED) is 0.0781. The highest BCUT2D eigenvalue weighted by atomic mass is 16.7. The van der Waals surface area contributed by atoms with Gasteiger partial charge in [-0.15, -0.1) is 0 Å². The number of aliphatic hydroxyl groups excluding tert-OH is 7. The molecule has 0 aromatic heterocycles. The van der Waals surface area contributed by atoms with Crippen LogP contribution in [0.25, 0.3) is 11.1 Å². The van der Waals surface area contributed by atoms with Crippen LogP contribution < -0.4 is 20.1 Å². The minimum absolute atomic E-state index is 0.0868. The molecule has 304 valence electrons. The normalized spacial score (nSPS) is 28.7. The second-order valence-electron chi connectivity index (χ2n) is 13.2. The predicted octanol–water partition coefficient (Wildman–Crippen LogP) is -2.17. The molecule has 0 bridgehead atoms. The fraction of sp³-hybridized carbons (Fsp3) is 0.432.